The number of rotatable bonds is 4. The van der Waals surface area contributed by atoms with Crippen LogP contribution in [0.25, 0.3) is 0 Å². The number of fused-ring (bicyclic) bond motifs is 2. The first-order valence-electron chi connectivity index (χ1n) is 6.53. The monoisotopic (exact) mass is 236 g/mol. The molecule has 5 heteroatoms. The molecule has 1 N–H and O–H groups in total. The van der Waals surface area contributed by atoms with Crippen LogP contribution in [-0.4, -0.2) is 33.7 Å². The summed E-state index contributed by atoms with van der Waals surface area (Å²) in [6.07, 6.45) is 6.42. The maximum absolute atomic E-state index is 5.96. The van der Waals surface area contributed by atoms with Gasteiger partial charge in [0.15, 0.2) is 0 Å². The number of ether oxygens (including phenoxy) is 1. The lowest BCUT2D eigenvalue weighted by molar-refractivity contribution is 0.0851. The Morgan fingerprint density at radius 1 is 1.59 bits per heavy atom. The molecule has 5 nitrogen and oxygen atoms in total. The Hall–Kier alpha value is -0.940. The molecule has 0 saturated carbocycles. The molecule has 2 saturated heterocycles. The molecule has 0 aromatic carbocycles. The van der Waals surface area contributed by atoms with Crippen molar-refractivity contribution in [3.8, 4) is 0 Å². The Labute approximate surface area is 102 Å². The van der Waals surface area contributed by atoms with Crippen molar-refractivity contribution in [3.63, 3.8) is 0 Å². The van der Waals surface area contributed by atoms with Gasteiger partial charge in [-0.1, -0.05) is 12.1 Å². The molecule has 4 unspecified atom stereocenters. The SMILES string of the molecule is CCNC(c1cnnn1C)C1CC2CCC1O2. The Balaban J connectivity index is 1.83. The van der Waals surface area contributed by atoms with E-state index in [9.17, 15) is 0 Å². The lowest BCUT2D eigenvalue weighted by Gasteiger charge is -2.28. The summed E-state index contributed by atoms with van der Waals surface area (Å²) >= 11 is 0. The van der Waals surface area contributed by atoms with Crippen LogP contribution in [0.3, 0.4) is 0 Å². The van der Waals surface area contributed by atoms with Gasteiger partial charge in [-0.15, -0.1) is 5.10 Å². The molecule has 0 radical (unpaired) electrons. The second-order valence-corrected chi connectivity index (χ2v) is 5.09. The van der Waals surface area contributed by atoms with E-state index in [4.69, 9.17) is 4.74 Å². The van der Waals surface area contributed by atoms with Crippen LogP contribution < -0.4 is 5.32 Å². The van der Waals surface area contributed by atoms with Gasteiger partial charge in [-0.05, 0) is 25.8 Å². The zero-order chi connectivity index (χ0) is 11.8. The summed E-state index contributed by atoms with van der Waals surface area (Å²) in [5.41, 5.74) is 1.17. The van der Waals surface area contributed by atoms with E-state index in [2.05, 4.69) is 22.6 Å². The maximum atomic E-state index is 5.96. The first kappa shape index (κ1) is 11.2. The highest BCUT2D eigenvalue weighted by Crippen LogP contribution is 2.44. The molecule has 17 heavy (non-hydrogen) atoms. The first-order valence-corrected chi connectivity index (χ1v) is 6.53. The highest BCUT2D eigenvalue weighted by atomic mass is 16.5. The number of nitrogens with zero attached hydrogens (tertiary/aromatic N) is 3. The number of hydrogen-bond acceptors (Lipinski definition) is 4. The second kappa shape index (κ2) is 4.38. The van der Waals surface area contributed by atoms with Crippen LogP contribution in [0.1, 0.15) is 37.9 Å². The molecule has 2 aliphatic rings. The van der Waals surface area contributed by atoms with E-state index >= 15 is 0 Å². The normalized spacial score (nSPS) is 33.2. The molecule has 1 aromatic rings. The molecule has 0 amide bonds. The van der Waals surface area contributed by atoms with E-state index in [0.717, 1.165) is 6.54 Å². The van der Waals surface area contributed by atoms with Crippen LogP contribution in [0.5, 0.6) is 0 Å². The molecule has 2 bridgehead atoms. The van der Waals surface area contributed by atoms with E-state index in [1.165, 1.54) is 25.0 Å². The van der Waals surface area contributed by atoms with Gasteiger partial charge >= 0.3 is 0 Å². The van der Waals surface area contributed by atoms with Crippen molar-refractivity contribution in [2.45, 2.75) is 44.4 Å². The summed E-state index contributed by atoms with van der Waals surface area (Å²) in [4.78, 5) is 0. The van der Waals surface area contributed by atoms with E-state index in [0.29, 0.717) is 24.2 Å². The Morgan fingerprint density at radius 2 is 2.47 bits per heavy atom. The van der Waals surface area contributed by atoms with E-state index in [1.54, 1.807) is 0 Å². The third-order valence-corrected chi connectivity index (χ3v) is 4.07. The predicted octanol–water partition coefficient (Wildman–Crippen LogP) is 1.03. The topological polar surface area (TPSA) is 52.0 Å². The van der Waals surface area contributed by atoms with Gasteiger partial charge in [0.2, 0.25) is 0 Å². The van der Waals surface area contributed by atoms with Gasteiger partial charge in [-0.25, -0.2) is 0 Å². The van der Waals surface area contributed by atoms with Crippen molar-refractivity contribution in [2.24, 2.45) is 13.0 Å². The highest BCUT2D eigenvalue weighted by Gasteiger charge is 2.45. The summed E-state index contributed by atoms with van der Waals surface area (Å²) in [6.45, 7) is 3.11. The molecule has 0 aliphatic carbocycles. The third-order valence-electron chi connectivity index (χ3n) is 4.07. The highest BCUT2D eigenvalue weighted by molar-refractivity contribution is 5.08. The molecule has 2 aliphatic heterocycles. The standard InChI is InChI=1S/C12H20N4O/c1-3-13-12(10-7-14-15-16(10)2)9-6-8-4-5-11(9)17-8/h7-9,11-13H,3-6H2,1-2H3. The zero-order valence-corrected chi connectivity index (χ0v) is 10.5. The van der Waals surface area contributed by atoms with Crippen molar-refractivity contribution < 1.29 is 4.74 Å². The fourth-order valence-electron chi connectivity index (χ4n) is 3.30. The van der Waals surface area contributed by atoms with Gasteiger partial charge in [0.1, 0.15) is 0 Å². The maximum Gasteiger partial charge on any atom is 0.0757 e. The summed E-state index contributed by atoms with van der Waals surface area (Å²) in [5.74, 6) is 0.575. The summed E-state index contributed by atoms with van der Waals surface area (Å²) in [6, 6.07) is 0.329. The molecule has 94 valence electrons. The Morgan fingerprint density at radius 3 is 3.00 bits per heavy atom. The Kier molecular flexibility index (Phi) is 2.88. The summed E-state index contributed by atoms with van der Waals surface area (Å²) in [7, 11) is 1.96. The predicted molar refractivity (Wildman–Crippen MR) is 63.4 cm³/mol. The van der Waals surface area contributed by atoms with Crippen molar-refractivity contribution in [1.29, 1.82) is 0 Å². The van der Waals surface area contributed by atoms with Crippen molar-refractivity contribution >= 4 is 0 Å². The average molecular weight is 236 g/mol. The number of aryl methyl sites for hydroxylation is 1. The minimum atomic E-state index is 0.329. The quantitative estimate of drug-likeness (QED) is 0.848. The van der Waals surface area contributed by atoms with Crippen molar-refractivity contribution in [3.05, 3.63) is 11.9 Å². The minimum Gasteiger partial charge on any atom is -0.375 e. The number of hydrogen-bond donors (Lipinski definition) is 1. The molecular formula is C12H20N4O. The smallest absolute Gasteiger partial charge is 0.0757 e. The number of aromatic nitrogens is 3. The van der Waals surface area contributed by atoms with Crippen LogP contribution in [0.2, 0.25) is 0 Å². The van der Waals surface area contributed by atoms with E-state index < -0.39 is 0 Å². The fourth-order valence-corrected chi connectivity index (χ4v) is 3.30. The van der Waals surface area contributed by atoms with Crippen molar-refractivity contribution in [2.75, 3.05) is 6.54 Å². The molecule has 3 rings (SSSR count). The van der Waals surface area contributed by atoms with Gasteiger partial charge in [-0.3, -0.25) is 4.68 Å². The van der Waals surface area contributed by atoms with Gasteiger partial charge in [0.25, 0.3) is 0 Å². The molecule has 4 atom stereocenters. The zero-order valence-electron chi connectivity index (χ0n) is 10.5. The van der Waals surface area contributed by atoms with E-state index in [1.807, 2.05) is 17.9 Å². The van der Waals surface area contributed by atoms with Gasteiger partial charge in [-0.2, -0.15) is 0 Å². The van der Waals surface area contributed by atoms with E-state index in [-0.39, 0.29) is 0 Å². The summed E-state index contributed by atoms with van der Waals surface area (Å²) in [5, 5.41) is 11.6. The van der Waals surface area contributed by atoms with Gasteiger partial charge < -0.3 is 10.1 Å². The molecule has 2 fully saturated rings. The average Bonchev–Trinajstić information content (AvgIpc) is 3.01. The number of nitrogens with one attached hydrogen (secondary N) is 1. The van der Waals surface area contributed by atoms with Crippen LogP contribution in [0, 0.1) is 5.92 Å². The molecule has 1 aromatic heterocycles. The van der Waals surface area contributed by atoms with Crippen LogP contribution in [0.15, 0.2) is 6.20 Å². The largest absolute Gasteiger partial charge is 0.375 e. The first-order chi connectivity index (χ1) is 8.29. The van der Waals surface area contributed by atoms with Crippen LogP contribution in [-0.2, 0) is 11.8 Å². The Bertz CT molecular complexity index is 392. The summed E-state index contributed by atoms with van der Waals surface area (Å²) < 4.78 is 7.83. The van der Waals surface area contributed by atoms with Gasteiger partial charge in [0.05, 0.1) is 30.1 Å². The van der Waals surface area contributed by atoms with Crippen LogP contribution >= 0.6 is 0 Å². The molecular weight excluding hydrogens is 216 g/mol. The molecule has 3 heterocycles. The molecule has 0 spiro atoms. The second-order valence-electron chi connectivity index (χ2n) is 5.09. The van der Waals surface area contributed by atoms with Crippen LogP contribution in [0.4, 0.5) is 0 Å². The fraction of sp³-hybridized carbons (Fsp3) is 0.833. The van der Waals surface area contributed by atoms with Gasteiger partial charge in [0, 0.05) is 13.0 Å². The lowest BCUT2D eigenvalue weighted by atomic mass is 9.82. The minimum absolute atomic E-state index is 0.329. The lowest BCUT2D eigenvalue weighted by Crippen LogP contribution is -2.35. The van der Waals surface area contributed by atoms with Crippen molar-refractivity contribution in [1.82, 2.24) is 20.3 Å². The third kappa shape index (κ3) is 1.87.